The zero-order valence-corrected chi connectivity index (χ0v) is 19.3. The molecule has 6 nitrogen and oxygen atoms in total. The normalized spacial score (nSPS) is 11.1. The Morgan fingerprint density at radius 1 is 0.938 bits per heavy atom. The molecule has 1 heterocycles. The SMILES string of the molecule is O=C(/C=C/c1ccc(Cl)cc1Cl)NC(=S)Nc1cc2nn(-c3ccccc3)nc2cc1Cl. The van der Waals surface area contributed by atoms with E-state index in [0.29, 0.717) is 37.4 Å². The molecule has 32 heavy (non-hydrogen) atoms. The number of halogens is 3. The molecule has 0 unspecified atom stereocenters. The van der Waals surface area contributed by atoms with Gasteiger partial charge in [-0.3, -0.25) is 10.1 Å². The van der Waals surface area contributed by atoms with E-state index < -0.39 is 5.91 Å². The number of para-hydroxylation sites is 1. The second kappa shape index (κ2) is 9.67. The first-order valence-electron chi connectivity index (χ1n) is 9.26. The standard InChI is InChI=1S/C22H14Cl3N5OS/c23-14-8-6-13(16(24)10-14)7-9-21(31)27-22(32)26-18-12-20-19(11-17(18)25)28-30(29-20)15-4-2-1-3-5-15/h1-12H,(H2,26,27,31,32)/b9-7+. The van der Waals surface area contributed by atoms with Crippen molar-refractivity contribution in [1.29, 1.82) is 0 Å². The van der Waals surface area contributed by atoms with E-state index in [2.05, 4.69) is 20.8 Å². The number of carbonyl (C=O) groups excluding carboxylic acids is 1. The van der Waals surface area contributed by atoms with Gasteiger partial charge in [0.1, 0.15) is 11.0 Å². The van der Waals surface area contributed by atoms with Gasteiger partial charge in [-0.1, -0.05) is 59.1 Å². The Morgan fingerprint density at radius 2 is 1.66 bits per heavy atom. The molecule has 3 aromatic carbocycles. The zero-order chi connectivity index (χ0) is 22.7. The van der Waals surface area contributed by atoms with Gasteiger partial charge in [-0.25, -0.2) is 0 Å². The van der Waals surface area contributed by atoms with E-state index in [9.17, 15) is 4.79 Å². The lowest BCUT2D eigenvalue weighted by Crippen LogP contribution is -2.32. The van der Waals surface area contributed by atoms with Crippen molar-refractivity contribution >= 4 is 80.8 Å². The van der Waals surface area contributed by atoms with Crippen LogP contribution in [0.25, 0.3) is 22.8 Å². The van der Waals surface area contributed by atoms with Crippen LogP contribution in [0.4, 0.5) is 5.69 Å². The molecule has 0 spiro atoms. The molecule has 0 aliphatic heterocycles. The average molecular weight is 503 g/mol. The summed E-state index contributed by atoms with van der Waals surface area (Å²) in [4.78, 5) is 13.7. The van der Waals surface area contributed by atoms with Crippen LogP contribution in [0.2, 0.25) is 15.1 Å². The van der Waals surface area contributed by atoms with Crippen LogP contribution < -0.4 is 10.6 Å². The van der Waals surface area contributed by atoms with E-state index >= 15 is 0 Å². The fourth-order valence-electron chi connectivity index (χ4n) is 2.82. The van der Waals surface area contributed by atoms with E-state index in [4.69, 9.17) is 47.0 Å². The Morgan fingerprint density at radius 3 is 2.38 bits per heavy atom. The van der Waals surface area contributed by atoms with Gasteiger partial charge >= 0.3 is 0 Å². The number of rotatable bonds is 4. The number of thiocarbonyl (C=S) groups is 1. The summed E-state index contributed by atoms with van der Waals surface area (Å²) in [6.45, 7) is 0. The van der Waals surface area contributed by atoms with Gasteiger partial charge in [-0.2, -0.15) is 4.80 Å². The second-order valence-electron chi connectivity index (χ2n) is 6.59. The third-order valence-corrected chi connectivity index (χ3v) is 5.40. The number of anilines is 1. The number of nitrogens with zero attached hydrogens (tertiary/aromatic N) is 3. The number of hydrogen-bond donors (Lipinski definition) is 2. The number of hydrogen-bond acceptors (Lipinski definition) is 4. The lowest BCUT2D eigenvalue weighted by molar-refractivity contribution is -0.115. The highest BCUT2D eigenvalue weighted by Gasteiger charge is 2.11. The third kappa shape index (κ3) is 5.26. The zero-order valence-electron chi connectivity index (χ0n) is 16.2. The van der Waals surface area contributed by atoms with E-state index in [1.165, 1.54) is 10.9 Å². The van der Waals surface area contributed by atoms with Crippen molar-refractivity contribution in [3.8, 4) is 5.69 Å². The molecule has 0 radical (unpaired) electrons. The van der Waals surface area contributed by atoms with Crippen LogP contribution in [0.5, 0.6) is 0 Å². The van der Waals surface area contributed by atoms with Gasteiger partial charge in [0.25, 0.3) is 0 Å². The molecule has 0 aliphatic rings. The minimum absolute atomic E-state index is 0.0820. The maximum atomic E-state index is 12.2. The molecule has 0 aliphatic carbocycles. The van der Waals surface area contributed by atoms with Crippen molar-refractivity contribution in [2.24, 2.45) is 0 Å². The Hall–Kier alpha value is -2.97. The van der Waals surface area contributed by atoms with Crippen LogP contribution in [0, 0.1) is 0 Å². The number of nitrogens with one attached hydrogen (secondary N) is 2. The maximum Gasteiger partial charge on any atom is 0.250 e. The van der Waals surface area contributed by atoms with Crippen molar-refractivity contribution in [2.45, 2.75) is 0 Å². The van der Waals surface area contributed by atoms with Crippen molar-refractivity contribution in [3.05, 3.63) is 87.4 Å². The van der Waals surface area contributed by atoms with Crippen LogP contribution in [-0.2, 0) is 4.79 Å². The largest absolute Gasteiger partial charge is 0.331 e. The summed E-state index contributed by atoms with van der Waals surface area (Å²) in [5.74, 6) is -0.430. The monoisotopic (exact) mass is 501 g/mol. The summed E-state index contributed by atoms with van der Waals surface area (Å²) in [7, 11) is 0. The van der Waals surface area contributed by atoms with Gasteiger partial charge in [-0.05, 0) is 60.3 Å². The van der Waals surface area contributed by atoms with Crippen LogP contribution in [0.1, 0.15) is 5.56 Å². The lowest BCUT2D eigenvalue weighted by atomic mass is 10.2. The fourth-order valence-corrected chi connectivity index (χ4v) is 3.71. The van der Waals surface area contributed by atoms with Crippen LogP contribution in [-0.4, -0.2) is 26.0 Å². The van der Waals surface area contributed by atoms with Crippen LogP contribution in [0.3, 0.4) is 0 Å². The van der Waals surface area contributed by atoms with Crippen molar-refractivity contribution in [2.75, 3.05) is 5.32 Å². The van der Waals surface area contributed by atoms with E-state index in [0.717, 1.165) is 5.69 Å². The topological polar surface area (TPSA) is 71.8 Å². The summed E-state index contributed by atoms with van der Waals surface area (Å²) in [5.41, 5.74) is 3.22. The van der Waals surface area contributed by atoms with Crippen LogP contribution in [0.15, 0.2) is 66.7 Å². The number of amides is 1. The molecular weight excluding hydrogens is 489 g/mol. The Bertz CT molecular complexity index is 1350. The molecule has 0 saturated carbocycles. The lowest BCUT2D eigenvalue weighted by Gasteiger charge is -2.09. The highest BCUT2D eigenvalue weighted by atomic mass is 35.5. The molecule has 160 valence electrons. The molecule has 1 amide bonds. The summed E-state index contributed by atoms with van der Waals surface area (Å²) in [5, 5.41) is 15.8. The summed E-state index contributed by atoms with van der Waals surface area (Å²) < 4.78 is 0. The van der Waals surface area contributed by atoms with Crippen molar-refractivity contribution in [1.82, 2.24) is 20.3 Å². The summed E-state index contributed by atoms with van der Waals surface area (Å²) in [6, 6.07) is 17.9. The number of carbonyl (C=O) groups is 1. The highest BCUT2D eigenvalue weighted by molar-refractivity contribution is 7.80. The molecule has 0 atom stereocenters. The Kier molecular flexibility index (Phi) is 6.72. The van der Waals surface area contributed by atoms with Crippen molar-refractivity contribution in [3.63, 3.8) is 0 Å². The number of aromatic nitrogens is 3. The Balaban J connectivity index is 1.45. The van der Waals surface area contributed by atoms with Gasteiger partial charge in [0.2, 0.25) is 5.91 Å². The molecule has 0 bridgehead atoms. The second-order valence-corrected chi connectivity index (χ2v) is 8.25. The molecular formula is C22H14Cl3N5OS. The Labute approximate surface area is 203 Å². The molecule has 1 aromatic heterocycles. The first-order valence-corrected chi connectivity index (χ1v) is 10.8. The van der Waals surface area contributed by atoms with Gasteiger partial charge in [0.15, 0.2) is 5.11 Å². The van der Waals surface area contributed by atoms with E-state index in [1.807, 2.05) is 30.3 Å². The van der Waals surface area contributed by atoms with E-state index in [-0.39, 0.29) is 5.11 Å². The number of benzene rings is 3. The minimum Gasteiger partial charge on any atom is -0.331 e. The quantitative estimate of drug-likeness (QED) is 0.268. The molecule has 2 N–H and O–H groups in total. The van der Waals surface area contributed by atoms with E-state index in [1.54, 1.807) is 36.4 Å². The maximum absolute atomic E-state index is 12.2. The summed E-state index contributed by atoms with van der Waals surface area (Å²) in [6.07, 6.45) is 2.89. The summed E-state index contributed by atoms with van der Waals surface area (Å²) >= 11 is 23.6. The molecule has 4 rings (SSSR count). The van der Waals surface area contributed by atoms with Crippen LogP contribution >= 0.6 is 47.0 Å². The highest BCUT2D eigenvalue weighted by Crippen LogP contribution is 2.27. The third-order valence-electron chi connectivity index (χ3n) is 4.32. The van der Waals surface area contributed by atoms with Gasteiger partial charge in [-0.15, -0.1) is 10.2 Å². The number of fused-ring (bicyclic) bond motifs is 1. The van der Waals surface area contributed by atoms with Gasteiger partial charge < -0.3 is 5.32 Å². The predicted molar refractivity (Wildman–Crippen MR) is 134 cm³/mol. The van der Waals surface area contributed by atoms with Crippen molar-refractivity contribution < 1.29 is 4.79 Å². The predicted octanol–water partition coefficient (Wildman–Crippen LogP) is 5.91. The molecule has 0 saturated heterocycles. The first-order chi connectivity index (χ1) is 15.4. The van der Waals surface area contributed by atoms with Gasteiger partial charge in [0.05, 0.1) is 16.4 Å². The molecule has 10 heteroatoms. The fraction of sp³-hybridized carbons (Fsp3) is 0. The first kappa shape index (κ1) is 22.2. The molecule has 0 fully saturated rings. The molecule has 4 aromatic rings. The minimum atomic E-state index is -0.430. The smallest absolute Gasteiger partial charge is 0.250 e. The average Bonchev–Trinajstić information content (AvgIpc) is 3.16. The van der Waals surface area contributed by atoms with Gasteiger partial charge in [0, 0.05) is 16.1 Å².